The summed E-state index contributed by atoms with van der Waals surface area (Å²) in [6.45, 7) is 0. The highest BCUT2D eigenvalue weighted by Crippen LogP contribution is 2.13. The SMILES string of the molecule is O=S(=O)(C=Cc1ccc(Cl)cc1)Nc1ccccc1. The van der Waals surface area contributed by atoms with Gasteiger partial charge in [0.05, 0.1) is 5.41 Å². The molecule has 0 fully saturated rings. The molecular formula is C14H12ClNO2S. The van der Waals surface area contributed by atoms with E-state index in [0.717, 1.165) is 11.0 Å². The zero-order valence-corrected chi connectivity index (χ0v) is 11.5. The van der Waals surface area contributed by atoms with Gasteiger partial charge >= 0.3 is 0 Å². The van der Waals surface area contributed by atoms with Gasteiger partial charge in [0, 0.05) is 10.7 Å². The molecule has 0 radical (unpaired) electrons. The number of sulfonamides is 1. The van der Waals surface area contributed by atoms with E-state index in [1.165, 1.54) is 6.08 Å². The molecule has 5 heteroatoms. The second-order valence-electron chi connectivity index (χ2n) is 3.87. The van der Waals surface area contributed by atoms with E-state index in [1.54, 1.807) is 48.5 Å². The Morgan fingerprint density at radius 3 is 2.21 bits per heavy atom. The van der Waals surface area contributed by atoms with Crippen LogP contribution in [-0.2, 0) is 10.0 Å². The van der Waals surface area contributed by atoms with E-state index in [-0.39, 0.29) is 0 Å². The first-order valence-corrected chi connectivity index (χ1v) is 7.49. The smallest absolute Gasteiger partial charge is 0.255 e. The van der Waals surface area contributed by atoms with Crippen LogP contribution in [0.2, 0.25) is 5.02 Å². The number of nitrogens with one attached hydrogen (secondary N) is 1. The van der Waals surface area contributed by atoms with Crippen LogP contribution in [0.25, 0.3) is 6.08 Å². The summed E-state index contributed by atoms with van der Waals surface area (Å²) in [5.41, 5.74) is 1.30. The Labute approximate surface area is 117 Å². The van der Waals surface area contributed by atoms with Gasteiger partial charge in [-0.05, 0) is 35.9 Å². The van der Waals surface area contributed by atoms with Gasteiger partial charge in [-0.2, -0.15) is 0 Å². The molecular weight excluding hydrogens is 282 g/mol. The number of rotatable bonds is 4. The summed E-state index contributed by atoms with van der Waals surface area (Å²) in [6.07, 6.45) is 1.52. The monoisotopic (exact) mass is 293 g/mol. The second kappa shape index (κ2) is 5.91. The molecule has 2 aromatic carbocycles. The van der Waals surface area contributed by atoms with E-state index in [4.69, 9.17) is 11.6 Å². The van der Waals surface area contributed by atoms with Gasteiger partial charge < -0.3 is 0 Å². The fourth-order valence-electron chi connectivity index (χ4n) is 1.45. The molecule has 3 nitrogen and oxygen atoms in total. The van der Waals surface area contributed by atoms with Gasteiger partial charge in [-0.1, -0.05) is 41.9 Å². The number of benzene rings is 2. The summed E-state index contributed by atoms with van der Waals surface area (Å²) in [6, 6.07) is 15.6. The third kappa shape index (κ3) is 4.43. The highest BCUT2D eigenvalue weighted by Gasteiger charge is 2.04. The average molecular weight is 294 g/mol. The third-order valence-corrected chi connectivity index (χ3v) is 3.61. The molecule has 0 aliphatic rings. The van der Waals surface area contributed by atoms with E-state index in [2.05, 4.69) is 4.72 Å². The third-order valence-electron chi connectivity index (χ3n) is 2.34. The Morgan fingerprint density at radius 2 is 1.58 bits per heavy atom. The Kier molecular flexibility index (Phi) is 4.24. The standard InChI is InChI=1S/C14H12ClNO2S/c15-13-8-6-12(7-9-13)10-11-19(17,18)16-14-4-2-1-3-5-14/h1-11,16H. The second-order valence-corrected chi connectivity index (χ2v) is 5.87. The van der Waals surface area contributed by atoms with Gasteiger partial charge in [-0.25, -0.2) is 8.42 Å². The van der Waals surface area contributed by atoms with E-state index < -0.39 is 10.0 Å². The maximum Gasteiger partial charge on any atom is 0.255 e. The molecule has 0 amide bonds. The van der Waals surface area contributed by atoms with Crippen molar-refractivity contribution in [3.8, 4) is 0 Å². The minimum atomic E-state index is -3.51. The van der Waals surface area contributed by atoms with Gasteiger partial charge in [0.15, 0.2) is 0 Å². The highest BCUT2D eigenvalue weighted by molar-refractivity contribution is 7.95. The number of hydrogen-bond acceptors (Lipinski definition) is 2. The summed E-state index contributed by atoms with van der Waals surface area (Å²) in [7, 11) is -3.51. The number of para-hydroxylation sites is 1. The van der Waals surface area contributed by atoms with Gasteiger partial charge in [0.1, 0.15) is 0 Å². The van der Waals surface area contributed by atoms with Crippen molar-refractivity contribution in [3.63, 3.8) is 0 Å². The van der Waals surface area contributed by atoms with Crippen molar-refractivity contribution in [2.24, 2.45) is 0 Å². The zero-order valence-electron chi connectivity index (χ0n) is 9.95. The van der Waals surface area contributed by atoms with E-state index in [1.807, 2.05) is 6.07 Å². The Bertz CT molecular complexity index is 664. The summed E-state index contributed by atoms with van der Waals surface area (Å²) in [4.78, 5) is 0. The van der Waals surface area contributed by atoms with Crippen molar-refractivity contribution in [1.29, 1.82) is 0 Å². The molecule has 2 rings (SSSR count). The first kappa shape index (κ1) is 13.6. The molecule has 98 valence electrons. The molecule has 0 aliphatic carbocycles. The van der Waals surface area contributed by atoms with Gasteiger partial charge in [-0.15, -0.1) is 0 Å². The lowest BCUT2D eigenvalue weighted by atomic mass is 10.2. The van der Waals surface area contributed by atoms with E-state index >= 15 is 0 Å². The van der Waals surface area contributed by atoms with Crippen LogP contribution in [0.15, 0.2) is 60.0 Å². The molecule has 0 spiro atoms. The maximum absolute atomic E-state index is 11.8. The predicted octanol–water partition coefficient (Wildman–Crippen LogP) is 3.75. The molecule has 1 N–H and O–H groups in total. The largest absolute Gasteiger partial charge is 0.280 e. The average Bonchev–Trinajstić information content (AvgIpc) is 2.39. The van der Waals surface area contributed by atoms with Crippen LogP contribution in [0.5, 0.6) is 0 Å². The van der Waals surface area contributed by atoms with Crippen molar-refractivity contribution < 1.29 is 8.42 Å². The van der Waals surface area contributed by atoms with Crippen LogP contribution in [0, 0.1) is 0 Å². The van der Waals surface area contributed by atoms with Gasteiger partial charge in [0.25, 0.3) is 10.0 Å². The topological polar surface area (TPSA) is 46.2 Å². The van der Waals surface area contributed by atoms with E-state index in [9.17, 15) is 8.42 Å². The fraction of sp³-hybridized carbons (Fsp3) is 0. The van der Waals surface area contributed by atoms with Crippen molar-refractivity contribution in [1.82, 2.24) is 0 Å². The highest BCUT2D eigenvalue weighted by atomic mass is 35.5. The zero-order chi connectivity index (χ0) is 13.7. The van der Waals surface area contributed by atoms with Crippen molar-refractivity contribution in [3.05, 3.63) is 70.6 Å². The Balaban J connectivity index is 2.11. The van der Waals surface area contributed by atoms with Crippen LogP contribution in [0.3, 0.4) is 0 Å². The van der Waals surface area contributed by atoms with Crippen molar-refractivity contribution in [2.75, 3.05) is 4.72 Å². The summed E-state index contributed by atoms with van der Waals surface area (Å²) in [5.74, 6) is 0. The van der Waals surface area contributed by atoms with Crippen molar-refractivity contribution in [2.45, 2.75) is 0 Å². The Morgan fingerprint density at radius 1 is 0.947 bits per heavy atom. The molecule has 0 unspecified atom stereocenters. The first-order valence-electron chi connectivity index (χ1n) is 5.57. The number of hydrogen-bond donors (Lipinski definition) is 1. The normalized spacial score (nSPS) is 11.6. The molecule has 0 saturated carbocycles. The van der Waals surface area contributed by atoms with E-state index in [0.29, 0.717) is 10.7 Å². The van der Waals surface area contributed by atoms with Crippen LogP contribution in [-0.4, -0.2) is 8.42 Å². The summed E-state index contributed by atoms with van der Waals surface area (Å²) >= 11 is 5.75. The molecule has 2 aromatic rings. The lowest BCUT2D eigenvalue weighted by molar-refractivity contribution is 0.609. The lowest BCUT2D eigenvalue weighted by Crippen LogP contribution is -2.08. The predicted molar refractivity (Wildman–Crippen MR) is 79.5 cm³/mol. The molecule has 0 atom stereocenters. The molecule has 0 heterocycles. The van der Waals surface area contributed by atoms with Crippen LogP contribution in [0.1, 0.15) is 5.56 Å². The molecule has 0 bridgehead atoms. The quantitative estimate of drug-likeness (QED) is 0.933. The van der Waals surface area contributed by atoms with Crippen molar-refractivity contribution >= 4 is 33.4 Å². The minimum absolute atomic E-state index is 0.531. The first-order chi connectivity index (χ1) is 9.05. The van der Waals surface area contributed by atoms with Crippen LogP contribution >= 0.6 is 11.6 Å². The maximum atomic E-state index is 11.8. The molecule has 0 saturated heterocycles. The Hall–Kier alpha value is -1.78. The fourth-order valence-corrected chi connectivity index (χ4v) is 2.44. The molecule has 0 aromatic heterocycles. The van der Waals surface area contributed by atoms with Crippen LogP contribution < -0.4 is 4.72 Å². The molecule has 19 heavy (non-hydrogen) atoms. The van der Waals surface area contributed by atoms with Crippen LogP contribution in [0.4, 0.5) is 5.69 Å². The molecule has 0 aliphatic heterocycles. The minimum Gasteiger partial charge on any atom is -0.280 e. The summed E-state index contributed by atoms with van der Waals surface area (Å²) < 4.78 is 26.1. The number of halogens is 1. The van der Waals surface area contributed by atoms with Gasteiger partial charge in [-0.3, -0.25) is 4.72 Å². The number of anilines is 1. The van der Waals surface area contributed by atoms with Gasteiger partial charge in [0.2, 0.25) is 0 Å². The summed E-state index contributed by atoms with van der Waals surface area (Å²) in [5, 5.41) is 1.74. The lowest BCUT2D eigenvalue weighted by Gasteiger charge is -2.03.